The quantitative estimate of drug-likeness (QED) is 0.327. The van der Waals surface area contributed by atoms with Crippen LogP contribution in [0.15, 0.2) is 12.7 Å². The van der Waals surface area contributed by atoms with Gasteiger partial charge in [-0.2, -0.15) is 0 Å². The van der Waals surface area contributed by atoms with E-state index in [9.17, 15) is 0 Å². The molecule has 0 N–H and O–H groups in total. The molecule has 1 heteroatoms. The fourth-order valence-electron chi connectivity index (χ4n) is 0. The van der Waals surface area contributed by atoms with Gasteiger partial charge in [0.2, 0.25) is 0 Å². The Morgan fingerprint density at radius 2 is 2.00 bits per heavy atom. The van der Waals surface area contributed by atoms with Gasteiger partial charge in [-0.1, -0.05) is 13.0 Å². The molecule has 0 aromatic carbocycles. The summed E-state index contributed by atoms with van der Waals surface area (Å²) < 4.78 is 0. The Bertz CT molecular complexity index is 17.6. The Morgan fingerprint density at radius 3 is 2.00 bits per heavy atom. The smallest absolute Gasteiger partial charge is 0 e. The van der Waals surface area contributed by atoms with Gasteiger partial charge >= 0.3 is 0 Å². The van der Waals surface area contributed by atoms with E-state index in [-0.39, 0.29) is 29.6 Å². The van der Waals surface area contributed by atoms with Crippen LogP contribution in [0.2, 0.25) is 0 Å². The first kappa shape index (κ1) is 9.22. The first-order valence-electron chi connectivity index (χ1n) is 1.52. The van der Waals surface area contributed by atoms with Crippen LogP contribution >= 0.6 is 0 Å². The van der Waals surface area contributed by atoms with Crippen LogP contribution in [0, 0.1) is 0 Å². The molecule has 0 aliphatic rings. The zero-order valence-corrected chi connectivity index (χ0v) is 5.99. The molecular weight excluding hydrogens is 71.0 g/mol. The maximum Gasteiger partial charge on any atom is 0 e. The molecule has 0 aliphatic heterocycles. The predicted octanol–water partition coefficient (Wildman–Crippen LogP) is 1.20. The van der Waals surface area contributed by atoms with E-state index in [1.54, 1.807) is 0 Å². The van der Waals surface area contributed by atoms with Gasteiger partial charge in [0.25, 0.3) is 0 Å². The van der Waals surface area contributed by atoms with Crippen LogP contribution in [0.5, 0.6) is 0 Å². The normalized spacial score (nSPS) is 5.00. The summed E-state index contributed by atoms with van der Waals surface area (Å²) in [5.41, 5.74) is 0. The number of hydrogen-bond donors (Lipinski definition) is 0. The van der Waals surface area contributed by atoms with Crippen LogP contribution in [-0.4, -0.2) is 29.6 Å². The molecule has 0 aliphatic carbocycles. The summed E-state index contributed by atoms with van der Waals surface area (Å²) in [7, 11) is 0. The van der Waals surface area contributed by atoms with Gasteiger partial charge in [-0.15, -0.1) is 6.58 Å². The van der Waals surface area contributed by atoms with E-state index in [0.29, 0.717) is 0 Å². The van der Waals surface area contributed by atoms with E-state index < -0.39 is 0 Å². The van der Waals surface area contributed by atoms with Gasteiger partial charge in [0.05, 0.1) is 0 Å². The van der Waals surface area contributed by atoms with Gasteiger partial charge in [0.1, 0.15) is 0 Å². The SMILES string of the molecule is C=CCC.[Na]. The van der Waals surface area contributed by atoms with Crippen molar-refractivity contribution >= 4 is 29.6 Å². The van der Waals surface area contributed by atoms with Crippen molar-refractivity contribution < 1.29 is 0 Å². The van der Waals surface area contributed by atoms with E-state index in [1.807, 2.05) is 6.08 Å². The summed E-state index contributed by atoms with van der Waals surface area (Å²) in [6, 6.07) is 0. The summed E-state index contributed by atoms with van der Waals surface area (Å²) in [6.45, 7) is 5.54. The van der Waals surface area contributed by atoms with Crippen molar-refractivity contribution in [3.05, 3.63) is 12.7 Å². The molecule has 0 fully saturated rings. The third kappa shape index (κ3) is 11.8. The van der Waals surface area contributed by atoms with Crippen molar-refractivity contribution in [3.8, 4) is 0 Å². The number of hydrogen-bond acceptors (Lipinski definition) is 0. The molecule has 0 heterocycles. The molecule has 0 atom stereocenters. The van der Waals surface area contributed by atoms with Gasteiger partial charge in [-0.25, -0.2) is 0 Å². The second-order valence-electron chi connectivity index (χ2n) is 0.697. The molecule has 1 radical (unpaired) electrons. The van der Waals surface area contributed by atoms with Gasteiger partial charge in [0, 0.05) is 29.6 Å². The summed E-state index contributed by atoms with van der Waals surface area (Å²) in [4.78, 5) is 0. The van der Waals surface area contributed by atoms with E-state index in [2.05, 4.69) is 13.5 Å². The molecule has 0 rings (SSSR count). The average molecular weight is 79.1 g/mol. The monoisotopic (exact) mass is 79.1 g/mol. The minimum Gasteiger partial charge on any atom is -0.103 e. The van der Waals surface area contributed by atoms with Gasteiger partial charge in [-0.05, 0) is 6.42 Å². The van der Waals surface area contributed by atoms with Crippen molar-refractivity contribution in [2.24, 2.45) is 0 Å². The Labute approximate surface area is 55.6 Å². The van der Waals surface area contributed by atoms with E-state index in [4.69, 9.17) is 0 Å². The fourth-order valence-corrected chi connectivity index (χ4v) is 0. The summed E-state index contributed by atoms with van der Waals surface area (Å²) in [5, 5.41) is 0. The summed E-state index contributed by atoms with van der Waals surface area (Å²) in [5.74, 6) is 0. The molecule has 0 spiro atoms. The van der Waals surface area contributed by atoms with Crippen LogP contribution in [0.4, 0.5) is 0 Å². The maximum atomic E-state index is 3.48. The standard InChI is InChI=1S/C4H8.Na/c1-3-4-2;/h3H,1,4H2,2H3;. The molecule has 0 aromatic heterocycles. The summed E-state index contributed by atoms with van der Waals surface area (Å²) in [6.07, 6.45) is 2.96. The first-order valence-corrected chi connectivity index (χ1v) is 1.52. The van der Waals surface area contributed by atoms with Crippen molar-refractivity contribution in [2.75, 3.05) is 0 Å². The molecule has 5 heavy (non-hydrogen) atoms. The topological polar surface area (TPSA) is 0 Å². The molecule has 0 bridgehead atoms. The third-order valence-electron chi connectivity index (χ3n) is 0.289. The van der Waals surface area contributed by atoms with E-state index in [1.165, 1.54) is 0 Å². The Morgan fingerprint density at radius 1 is 1.80 bits per heavy atom. The third-order valence-corrected chi connectivity index (χ3v) is 0.289. The number of rotatable bonds is 1. The van der Waals surface area contributed by atoms with Crippen molar-refractivity contribution in [3.63, 3.8) is 0 Å². The Balaban J connectivity index is 0. The molecular formula is C4H8Na. The molecule has 0 nitrogen and oxygen atoms in total. The zero-order valence-electron chi connectivity index (χ0n) is 3.99. The average Bonchev–Trinajstić information content (AvgIpc) is 1.37. The molecule has 0 amide bonds. The van der Waals surface area contributed by atoms with Crippen LogP contribution in [0.25, 0.3) is 0 Å². The fraction of sp³-hybridized carbons (Fsp3) is 0.500. The number of allylic oxidation sites excluding steroid dienone is 1. The molecule has 25 valence electrons. The van der Waals surface area contributed by atoms with E-state index in [0.717, 1.165) is 6.42 Å². The van der Waals surface area contributed by atoms with Crippen molar-refractivity contribution in [1.29, 1.82) is 0 Å². The first-order chi connectivity index (χ1) is 1.91. The van der Waals surface area contributed by atoms with Crippen LogP contribution in [0.3, 0.4) is 0 Å². The predicted molar refractivity (Wildman–Crippen MR) is 26.2 cm³/mol. The summed E-state index contributed by atoms with van der Waals surface area (Å²) >= 11 is 0. The van der Waals surface area contributed by atoms with Crippen LogP contribution < -0.4 is 0 Å². The van der Waals surface area contributed by atoms with E-state index >= 15 is 0 Å². The minimum absolute atomic E-state index is 0. The molecule has 0 aromatic rings. The van der Waals surface area contributed by atoms with Crippen LogP contribution in [0.1, 0.15) is 13.3 Å². The Hall–Kier alpha value is 0.740. The van der Waals surface area contributed by atoms with Gasteiger partial charge in [0.15, 0.2) is 0 Å². The van der Waals surface area contributed by atoms with Gasteiger partial charge in [-0.3, -0.25) is 0 Å². The maximum absolute atomic E-state index is 3.48. The minimum atomic E-state index is 0. The molecule has 0 saturated carbocycles. The zero-order chi connectivity index (χ0) is 3.41. The molecule has 0 unspecified atom stereocenters. The van der Waals surface area contributed by atoms with Crippen LogP contribution in [-0.2, 0) is 0 Å². The Kier molecular flexibility index (Phi) is 16.3. The molecule has 0 saturated heterocycles. The van der Waals surface area contributed by atoms with Crippen molar-refractivity contribution in [2.45, 2.75) is 13.3 Å². The second kappa shape index (κ2) is 8.83. The second-order valence-corrected chi connectivity index (χ2v) is 0.697. The van der Waals surface area contributed by atoms with Gasteiger partial charge < -0.3 is 0 Å². The van der Waals surface area contributed by atoms with Crippen molar-refractivity contribution in [1.82, 2.24) is 0 Å². The largest absolute Gasteiger partial charge is 0.103 e.